The second-order valence-electron chi connectivity index (χ2n) is 5.75. The van der Waals surface area contributed by atoms with E-state index in [4.69, 9.17) is 10.5 Å². The van der Waals surface area contributed by atoms with E-state index in [-0.39, 0.29) is 17.0 Å². The maximum absolute atomic E-state index is 15.5. The van der Waals surface area contributed by atoms with E-state index in [0.717, 1.165) is 4.57 Å². The van der Waals surface area contributed by atoms with Crippen molar-refractivity contribution in [2.75, 3.05) is 12.4 Å². The Kier molecular flexibility index (Phi) is 4.24. The zero-order valence-electron chi connectivity index (χ0n) is 13.1. The van der Waals surface area contributed by atoms with Crippen LogP contribution in [0.25, 0.3) is 11.0 Å². The molecule has 0 spiro atoms. The monoisotopic (exact) mass is 354 g/mol. The maximum Gasteiger partial charge on any atom is 0.261 e. The largest absolute Gasteiger partial charge is 0.391 e. The molecule has 2 aromatic rings. The van der Waals surface area contributed by atoms with E-state index in [9.17, 15) is 19.4 Å². The van der Waals surface area contributed by atoms with Crippen molar-refractivity contribution in [2.45, 2.75) is 37.1 Å². The van der Waals surface area contributed by atoms with Crippen molar-refractivity contribution in [1.82, 2.24) is 14.5 Å². The summed E-state index contributed by atoms with van der Waals surface area (Å²) in [5, 5.41) is 20.1. The number of rotatable bonds is 2. The SMILES string of the molecule is C[C@@H](O)[C@H]1O[C@@H](n2ccc3c(=O)[nH]c(N)nc32)C(F)(C#CCF)[C@H]1O. The summed E-state index contributed by atoms with van der Waals surface area (Å²) >= 11 is 0. The average molecular weight is 354 g/mol. The first-order valence-corrected chi connectivity index (χ1v) is 7.42. The minimum absolute atomic E-state index is 0.00812. The summed E-state index contributed by atoms with van der Waals surface area (Å²) in [6.45, 7) is 0.190. The number of aliphatic hydroxyl groups excluding tert-OH is 2. The number of hydrogen-bond acceptors (Lipinski definition) is 6. The van der Waals surface area contributed by atoms with Crippen molar-refractivity contribution in [3.05, 3.63) is 22.6 Å². The zero-order chi connectivity index (χ0) is 18.4. The summed E-state index contributed by atoms with van der Waals surface area (Å²) in [6, 6.07) is 1.37. The van der Waals surface area contributed by atoms with Gasteiger partial charge in [0.05, 0.1) is 11.5 Å². The van der Waals surface area contributed by atoms with E-state index in [0.29, 0.717) is 0 Å². The number of nitrogens with one attached hydrogen (secondary N) is 1. The first kappa shape index (κ1) is 17.3. The summed E-state index contributed by atoms with van der Waals surface area (Å²) in [5.41, 5.74) is 2.27. The topological polar surface area (TPSA) is 126 Å². The van der Waals surface area contributed by atoms with Crippen LogP contribution in [0.1, 0.15) is 13.2 Å². The fourth-order valence-electron chi connectivity index (χ4n) is 2.91. The lowest BCUT2D eigenvalue weighted by atomic mass is 9.94. The van der Waals surface area contributed by atoms with Crippen LogP contribution in [0.4, 0.5) is 14.7 Å². The number of aromatic nitrogens is 3. The molecule has 0 aliphatic carbocycles. The van der Waals surface area contributed by atoms with Crippen LogP contribution in [-0.2, 0) is 4.74 Å². The van der Waals surface area contributed by atoms with E-state index in [2.05, 4.69) is 9.97 Å². The molecular formula is C15H16F2N4O4. The molecule has 3 heterocycles. The molecule has 10 heteroatoms. The Morgan fingerprint density at radius 1 is 1.64 bits per heavy atom. The van der Waals surface area contributed by atoms with Crippen LogP contribution in [-0.4, -0.2) is 55.4 Å². The third-order valence-electron chi connectivity index (χ3n) is 4.06. The van der Waals surface area contributed by atoms with Gasteiger partial charge < -0.3 is 25.3 Å². The first-order valence-electron chi connectivity index (χ1n) is 7.42. The number of anilines is 1. The predicted molar refractivity (Wildman–Crippen MR) is 84.0 cm³/mol. The zero-order valence-corrected chi connectivity index (χ0v) is 13.1. The molecule has 1 aliphatic heterocycles. The molecule has 1 aliphatic rings. The lowest BCUT2D eigenvalue weighted by molar-refractivity contribution is -0.0775. The van der Waals surface area contributed by atoms with Gasteiger partial charge in [0.1, 0.15) is 18.9 Å². The number of aromatic amines is 1. The molecule has 0 saturated carbocycles. The number of halogens is 2. The van der Waals surface area contributed by atoms with Crippen LogP contribution < -0.4 is 11.3 Å². The number of H-pyrrole nitrogens is 1. The second kappa shape index (κ2) is 6.11. The van der Waals surface area contributed by atoms with Gasteiger partial charge in [-0.05, 0) is 13.0 Å². The Morgan fingerprint density at radius 2 is 2.36 bits per heavy atom. The highest BCUT2D eigenvalue weighted by atomic mass is 19.1. The number of aliphatic hydroxyl groups is 2. The summed E-state index contributed by atoms with van der Waals surface area (Å²) < 4.78 is 34.5. The van der Waals surface area contributed by atoms with E-state index >= 15 is 4.39 Å². The van der Waals surface area contributed by atoms with Gasteiger partial charge in [0.25, 0.3) is 5.56 Å². The van der Waals surface area contributed by atoms with E-state index < -0.39 is 42.4 Å². The lowest BCUT2D eigenvalue weighted by Crippen LogP contribution is -2.44. The predicted octanol–water partition coefficient (Wildman–Crippen LogP) is -0.373. The van der Waals surface area contributed by atoms with Crippen LogP contribution in [0.2, 0.25) is 0 Å². The first-order chi connectivity index (χ1) is 11.8. The van der Waals surface area contributed by atoms with Crippen molar-refractivity contribution in [2.24, 2.45) is 0 Å². The van der Waals surface area contributed by atoms with Gasteiger partial charge in [0.15, 0.2) is 11.9 Å². The van der Waals surface area contributed by atoms with Gasteiger partial charge in [0, 0.05) is 6.20 Å². The molecule has 0 aromatic carbocycles. The molecule has 2 aromatic heterocycles. The second-order valence-corrected chi connectivity index (χ2v) is 5.75. The molecule has 0 radical (unpaired) electrons. The van der Waals surface area contributed by atoms with Gasteiger partial charge in [-0.25, -0.2) is 8.78 Å². The lowest BCUT2D eigenvalue weighted by Gasteiger charge is -2.24. The van der Waals surface area contributed by atoms with Crippen LogP contribution >= 0.6 is 0 Å². The smallest absolute Gasteiger partial charge is 0.261 e. The van der Waals surface area contributed by atoms with Gasteiger partial charge in [-0.15, -0.1) is 0 Å². The van der Waals surface area contributed by atoms with Crippen LogP contribution in [0.15, 0.2) is 17.1 Å². The quantitative estimate of drug-likeness (QED) is 0.545. The number of alkyl halides is 2. The molecule has 134 valence electrons. The summed E-state index contributed by atoms with van der Waals surface area (Å²) in [4.78, 5) is 18.2. The molecule has 25 heavy (non-hydrogen) atoms. The van der Waals surface area contributed by atoms with Gasteiger partial charge in [0.2, 0.25) is 11.6 Å². The standard InChI is InChI=1S/C15H16F2N4O4/c1-7(22)9-10(23)15(17,4-2-5-16)13(25-9)21-6-3-8-11(21)19-14(18)20-12(8)24/h3,6-7,9-10,13,22-23H,5H2,1H3,(H3,18,19,20,24)/t7-,9-,10+,13-,15?/m1/s1. The fraction of sp³-hybridized carbons (Fsp3) is 0.467. The van der Waals surface area contributed by atoms with Gasteiger partial charge in [-0.1, -0.05) is 11.8 Å². The third kappa shape index (κ3) is 2.66. The Bertz CT molecular complexity index is 916. The summed E-state index contributed by atoms with van der Waals surface area (Å²) in [5.74, 6) is 3.78. The minimum atomic E-state index is -2.72. The fourth-order valence-corrected chi connectivity index (χ4v) is 2.91. The van der Waals surface area contributed by atoms with Crippen LogP contribution in [0.5, 0.6) is 0 Å². The van der Waals surface area contributed by atoms with E-state index in [1.165, 1.54) is 19.2 Å². The molecule has 0 amide bonds. The summed E-state index contributed by atoms with van der Waals surface area (Å²) in [6.07, 6.45) is -4.61. The minimum Gasteiger partial charge on any atom is -0.391 e. The Labute approximate surface area is 140 Å². The van der Waals surface area contributed by atoms with Crippen LogP contribution in [0, 0.1) is 11.8 Å². The van der Waals surface area contributed by atoms with Gasteiger partial charge in [-0.3, -0.25) is 9.78 Å². The van der Waals surface area contributed by atoms with Crippen molar-refractivity contribution in [3.8, 4) is 11.8 Å². The molecule has 1 saturated heterocycles. The van der Waals surface area contributed by atoms with Crippen molar-refractivity contribution in [1.29, 1.82) is 0 Å². The number of nitrogens with two attached hydrogens (primary N) is 1. The molecule has 0 bridgehead atoms. The Morgan fingerprint density at radius 3 is 3.00 bits per heavy atom. The molecule has 1 unspecified atom stereocenters. The molecular weight excluding hydrogens is 338 g/mol. The Balaban J connectivity index is 2.18. The number of hydrogen-bond donors (Lipinski definition) is 4. The molecule has 1 fully saturated rings. The third-order valence-corrected chi connectivity index (χ3v) is 4.06. The van der Waals surface area contributed by atoms with Gasteiger partial charge >= 0.3 is 0 Å². The highest BCUT2D eigenvalue weighted by molar-refractivity contribution is 5.76. The molecule has 5 N–H and O–H groups in total. The maximum atomic E-state index is 15.5. The van der Waals surface area contributed by atoms with E-state index in [1.807, 2.05) is 11.8 Å². The molecule has 3 rings (SSSR count). The van der Waals surface area contributed by atoms with Crippen molar-refractivity contribution >= 4 is 17.0 Å². The highest BCUT2D eigenvalue weighted by Gasteiger charge is 2.59. The van der Waals surface area contributed by atoms with E-state index in [1.54, 1.807) is 0 Å². The van der Waals surface area contributed by atoms with Gasteiger partial charge in [-0.2, -0.15) is 4.98 Å². The molecule has 8 nitrogen and oxygen atoms in total. The highest BCUT2D eigenvalue weighted by Crippen LogP contribution is 2.43. The van der Waals surface area contributed by atoms with Crippen LogP contribution in [0.3, 0.4) is 0 Å². The summed E-state index contributed by atoms with van der Waals surface area (Å²) in [7, 11) is 0. The molecule has 5 atom stereocenters. The number of nitrogen functional groups attached to an aromatic ring is 1. The number of nitrogens with zero attached hydrogens (tertiary/aromatic N) is 2. The number of ether oxygens (including phenoxy) is 1. The van der Waals surface area contributed by atoms with Crippen molar-refractivity contribution < 1.29 is 23.7 Å². The van der Waals surface area contributed by atoms with Crippen molar-refractivity contribution in [3.63, 3.8) is 0 Å². The Hall–Kier alpha value is -2.48. The average Bonchev–Trinajstić information content (AvgIpc) is 3.06. The number of fused-ring (bicyclic) bond motifs is 1. The normalized spacial score (nSPS) is 30.2.